The molecule has 1 fully saturated rings. The van der Waals surface area contributed by atoms with Crippen molar-refractivity contribution in [2.75, 3.05) is 7.11 Å². The third-order valence-electron chi connectivity index (χ3n) is 4.43. The van der Waals surface area contributed by atoms with E-state index in [-0.39, 0.29) is 4.90 Å². The van der Waals surface area contributed by atoms with E-state index in [1.807, 2.05) is 0 Å². The summed E-state index contributed by atoms with van der Waals surface area (Å²) in [4.78, 5) is 0.283. The standard InChI is InChI=1S/C16H21NO3S/c1-3-12-4-5-13(11-17)16(10-12)21(18,19)15-8-6-14(20-2)7-9-15/h6-9,12-13,16H,3-5,10H2,1-2H3. The molecule has 3 unspecified atom stereocenters. The molecule has 1 aliphatic carbocycles. The van der Waals surface area contributed by atoms with E-state index < -0.39 is 21.0 Å². The highest BCUT2D eigenvalue weighted by molar-refractivity contribution is 7.92. The summed E-state index contributed by atoms with van der Waals surface area (Å²) in [6, 6.07) is 8.62. The Kier molecular flexibility index (Phi) is 4.89. The molecule has 3 atom stereocenters. The number of nitriles is 1. The lowest BCUT2D eigenvalue weighted by Gasteiger charge is -2.31. The Labute approximate surface area is 126 Å². The van der Waals surface area contributed by atoms with Gasteiger partial charge in [-0.1, -0.05) is 13.3 Å². The molecule has 4 nitrogen and oxygen atoms in total. The molecule has 114 valence electrons. The van der Waals surface area contributed by atoms with E-state index in [1.165, 1.54) is 0 Å². The van der Waals surface area contributed by atoms with Crippen LogP contribution in [-0.2, 0) is 9.84 Å². The first-order valence-corrected chi connectivity index (χ1v) is 8.85. The van der Waals surface area contributed by atoms with Gasteiger partial charge in [-0.25, -0.2) is 8.42 Å². The fourth-order valence-electron chi connectivity index (χ4n) is 3.01. The van der Waals surface area contributed by atoms with Crippen LogP contribution in [0.3, 0.4) is 0 Å². The molecule has 1 aliphatic rings. The van der Waals surface area contributed by atoms with Crippen molar-refractivity contribution in [3.05, 3.63) is 24.3 Å². The maximum atomic E-state index is 12.8. The Bertz CT molecular complexity index is 616. The van der Waals surface area contributed by atoms with Crippen molar-refractivity contribution < 1.29 is 13.2 Å². The van der Waals surface area contributed by atoms with Crippen molar-refractivity contribution in [2.24, 2.45) is 11.8 Å². The summed E-state index contributed by atoms with van der Waals surface area (Å²) >= 11 is 0. The Morgan fingerprint density at radius 2 is 1.95 bits per heavy atom. The summed E-state index contributed by atoms with van der Waals surface area (Å²) in [6.45, 7) is 2.08. The van der Waals surface area contributed by atoms with Gasteiger partial charge >= 0.3 is 0 Å². The van der Waals surface area contributed by atoms with Crippen LogP contribution in [-0.4, -0.2) is 20.8 Å². The lowest BCUT2D eigenvalue weighted by atomic mass is 9.81. The van der Waals surface area contributed by atoms with Gasteiger partial charge in [0.2, 0.25) is 0 Å². The Morgan fingerprint density at radius 1 is 1.29 bits per heavy atom. The minimum atomic E-state index is -3.47. The highest BCUT2D eigenvalue weighted by atomic mass is 32.2. The Balaban J connectivity index is 2.33. The summed E-state index contributed by atoms with van der Waals surface area (Å²) in [5, 5.41) is 8.69. The molecule has 0 aromatic heterocycles. The van der Waals surface area contributed by atoms with E-state index in [9.17, 15) is 13.7 Å². The zero-order chi connectivity index (χ0) is 15.5. The van der Waals surface area contributed by atoms with E-state index in [0.29, 0.717) is 24.5 Å². The van der Waals surface area contributed by atoms with Crippen LogP contribution in [0.5, 0.6) is 5.75 Å². The van der Waals surface area contributed by atoms with Gasteiger partial charge in [-0.3, -0.25) is 0 Å². The van der Waals surface area contributed by atoms with Gasteiger partial charge in [-0.15, -0.1) is 0 Å². The van der Waals surface area contributed by atoms with E-state index in [2.05, 4.69) is 13.0 Å². The van der Waals surface area contributed by atoms with Gasteiger partial charge in [0.05, 0.1) is 29.2 Å². The summed E-state index contributed by atoms with van der Waals surface area (Å²) in [5.74, 6) is 0.619. The number of nitrogens with zero attached hydrogens (tertiary/aromatic N) is 1. The van der Waals surface area contributed by atoms with Crippen molar-refractivity contribution in [3.63, 3.8) is 0 Å². The number of hydrogen-bond donors (Lipinski definition) is 0. The molecule has 2 rings (SSSR count). The average molecular weight is 307 g/mol. The van der Waals surface area contributed by atoms with Crippen LogP contribution >= 0.6 is 0 Å². The molecule has 21 heavy (non-hydrogen) atoms. The number of hydrogen-bond acceptors (Lipinski definition) is 4. The van der Waals surface area contributed by atoms with Gasteiger partial charge in [0.15, 0.2) is 9.84 Å². The van der Waals surface area contributed by atoms with Gasteiger partial charge in [-0.2, -0.15) is 5.26 Å². The number of benzene rings is 1. The van der Waals surface area contributed by atoms with Crippen molar-refractivity contribution in [3.8, 4) is 11.8 Å². The molecular weight excluding hydrogens is 286 g/mol. The summed E-state index contributed by atoms with van der Waals surface area (Å²) in [7, 11) is -1.93. The highest BCUT2D eigenvalue weighted by Crippen LogP contribution is 2.37. The minimum Gasteiger partial charge on any atom is -0.497 e. The quantitative estimate of drug-likeness (QED) is 0.856. The number of methoxy groups -OCH3 is 1. The molecule has 0 aliphatic heterocycles. The molecule has 0 saturated heterocycles. The molecule has 0 bridgehead atoms. The molecule has 0 amide bonds. The van der Waals surface area contributed by atoms with Crippen LogP contribution < -0.4 is 4.74 Å². The fraction of sp³-hybridized carbons (Fsp3) is 0.562. The monoisotopic (exact) mass is 307 g/mol. The predicted octanol–water partition coefficient (Wildman–Crippen LogP) is 3.19. The minimum absolute atomic E-state index is 0.283. The number of ether oxygens (including phenoxy) is 1. The molecule has 1 saturated carbocycles. The third-order valence-corrected chi connectivity index (χ3v) is 6.68. The van der Waals surface area contributed by atoms with Crippen molar-refractivity contribution in [1.82, 2.24) is 0 Å². The maximum Gasteiger partial charge on any atom is 0.182 e. The second-order valence-electron chi connectivity index (χ2n) is 5.58. The summed E-state index contributed by atoms with van der Waals surface area (Å²) in [5.41, 5.74) is 0. The van der Waals surface area contributed by atoms with Gasteiger partial charge in [-0.05, 0) is 49.4 Å². The van der Waals surface area contributed by atoms with E-state index in [4.69, 9.17) is 4.74 Å². The summed E-state index contributed by atoms with van der Waals surface area (Å²) < 4.78 is 30.7. The largest absolute Gasteiger partial charge is 0.497 e. The van der Waals surface area contributed by atoms with Crippen LogP contribution in [0.15, 0.2) is 29.2 Å². The van der Waals surface area contributed by atoms with Gasteiger partial charge < -0.3 is 4.74 Å². The molecule has 5 heteroatoms. The fourth-order valence-corrected chi connectivity index (χ4v) is 5.03. The van der Waals surface area contributed by atoms with E-state index >= 15 is 0 Å². The normalized spacial score (nSPS) is 26.0. The molecule has 1 aromatic rings. The van der Waals surface area contributed by atoms with Crippen LogP contribution in [0.25, 0.3) is 0 Å². The van der Waals surface area contributed by atoms with Crippen LogP contribution in [0.1, 0.15) is 32.6 Å². The van der Waals surface area contributed by atoms with Crippen LogP contribution in [0.4, 0.5) is 0 Å². The first-order chi connectivity index (χ1) is 10.0. The predicted molar refractivity (Wildman–Crippen MR) is 80.7 cm³/mol. The molecule has 1 aromatic carbocycles. The Hall–Kier alpha value is -1.54. The van der Waals surface area contributed by atoms with Crippen LogP contribution in [0, 0.1) is 23.2 Å². The third kappa shape index (κ3) is 3.21. The van der Waals surface area contributed by atoms with Crippen LogP contribution in [0.2, 0.25) is 0 Å². The lowest BCUT2D eigenvalue weighted by Crippen LogP contribution is -2.35. The Morgan fingerprint density at radius 3 is 2.48 bits per heavy atom. The zero-order valence-corrected chi connectivity index (χ0v) is 13.3. The molecule has 0 spiro atoms. The number of rotatable bonds is 4. The molecule has 0 N–H and O–H groups in total. The van der Waals surface area contributed by atoms with E-state index in [0.717, 1.165) is 12.8 Å². The molecule has 0 heterocycles. The second kappa shape index (κ2) is 6.48. The number of sulfone groups is 1. The first-order valence-electron chi connectivity index (χ1n) is 7.30. The second-order valence-corrected chi connectivity index (χ2v) is 7.75. The van der Waals surface area contributed by atoms with Gasteiger partial charge in [0, 0.05) is 0 Å². The van der Waals surface area contributed by atoms with Crippen molar-refractivity contribution >= 4 is 9.84 Å². The summed E-state index contributed by atoms with van der Waals surface area (Å²) in [6.07, 6.45) is 3.17. The van der Waals surface area contributed by atoms with Gasteiger partial charge in [0.25, 0.3) is 0 Å². The maximum absolute atomic E-state index is 12.8. The molecule has 0 radical (unpaired) electrons. The van der Waals surface area contributed by atoms with Crippen molar-refractivity contribution in [2.45, 2.75) is 42.8 Å². The SMILES string of the molecule is CCC1CCC(C#N)C(S(=O)(=O)c2ccc(OC)cc2)C1. The smallest absolute Gasteiger partial charge is 0.182 e. The zero-order valence-electron chi connectivity index (χ0n) is 12.5. The average Bonchev–Trinajstić information content (AvgIpc) is 2.54. The van der Waals surface area contributed by atoms with E-state index in [1.54, 1.807) is 31.4 Å². The topological polar surface area (TPSA) is 67.2 Å². The lowest BCUT2D eigenvalue weighted by molar-refractivity contribution is 0.308. The van der Waals surface area contributed by atoms with Gasteiger partial charge in [0.1, 0.15) is 5.75 Å². The first kappa shape index (κ1) is 15.8. The molecular formula is C16H21NO3S. The highest BCUT2D eigenvalue weighted by Gasteiger charge is 2.39. The van der Waals surface area contributed by atoms with Crippen molar-refractivity contribution in [1.29, 1.82) is 5.26 Å².